The molecule has 1 amide bonds. The molecule has 0 saturated carbocycles. The van der Waals surface area contributed by atoms with Gasteiger partial charge >= 0.3 is 0 Å². The van der Waals surface area contributed by atoms with E-state index in [1.165, 1.54) is 18.6 Å². The Bertz CT molecular complexity index is 750. The smallest absolute Gasteiger partial charge is 0.274 e. The normalized spacial score (nSPS) is 17.6. The van der Waals surface area contributed by atoms with Crippen LogP contribution >= 0.6 is 0 Å². The summed E-state index contributed by atoms with van der Waals surface area (Å²) in [5.74, 6) is 0.248. The minimum Gasteiger partial charge on any atom is -0.341 e. The Morgan fingerprint density at radius 2 is 2.12 bits per heavy atom. The molecular weight excluding hydrogens is 307 g/mol. The van der Waals surface area contributed by atoms with Crippen molar-refractivity contribution in [3.8, 4) is 0 Å². The summed E-state index contributed by atoms with van der Waals surface area (Å²) in [6.45, 7) is 5.81. The van der Waals surface area contributed by atoms with E-state index in [2.05, 4.69) is 27.1 Å². The third-order valence-corrected chi connectivity index (χ3v) is 4.14. The summed E-state index contributed by atoms with van der Waals surface area (Å²) in [5, 5.41) is 2.57. The standard InChI is InChI=1S/C18H21FN4O/c1-12-6-5-9-23(11-12)18-20-13(2)10-16(22-18)17(24)21-15-8-4-3-7-14(15)19/h3-4,7-8,10,12H,5-6,9,11H2,1-2H3,(H,21,24). The minimum atomic E-state index is -0.471. The van der Waals surface area contributed by atoms with Gasteiger partial charge in [-0.3, -0.25) is 4.79 Å². The molecule has 1 aromatic heterocycles. The van der Waals surface area contributed by atoms with Crippen LogP contribution in [0.4, 0.5) is 16.0 Å². The van der Waals surface area contributed by atoms with Crippen molar-refractivity contribution in [1.82, 2.24) is 9.97 Å². The van der Waals surface area contributed by atoms with Crippen molar-refractivity contribution in [2.24, 2.45) is 5.92 Å². The first-order valence-corrected chi connectivity index (χ1v) is 8.19. The van der Waals surface area contributed by atoms with E-state index in [1.54, 1.807) is 18.2 Å². The van der Waals surface area contributed by atoms with Gasteiger partial charge in [0.1, 0.15) is 11.5 Å². The average Bonchev–Trinajstić information content (AvgIpc) is 2.56. The number of hydrogen-bond donors (Lipinski definition) is 1. The van der Waals surface area contributed by atoms with Crippen LogP contribution in [0.3, 0.4) is 0 Å². The van der Waals surface area contributed by atoms with Gasteiger partial charge in [-0.2, -0.15) is 0 Å². The zero-order valence-corrected chi connectivity index (χ0v) is 13.9. The Labute approximate surface area is 140 Å². The number of aromatic nitrogens is 2. The van der Waals surface area contributed by atoms with E-state index in [4.69, 9.17) is 0 Å². The molecule has 1 unspecified atom stereocenters. The Kier molecular flexibility index (Phi) is 4.74. The van der Waals surface area contributed by atoms with Crippen molar-refractivity contribution < 1.29 is 9.18 Å². The monoisotopic (exact) mass is 328 g/mol. The molecule has 2 heterocycles. The van der Waals surface area contributed by atoms with E-state index in [1.807, 2.05) is 6.92 Å². The molecule has 0 spiro atoms. The van der Waals surface area contributed by atoms with Crippen molar-refractivity contribution in [2.45, 2.75) is 26.7 Å². The fraction of sp³-hybridized carbons (Fsp3) is 0.389. The summed E-state index contributed by atoms with van der Waals surface area (Å²) in [5.41, 5.74) is 1.11. The van der Waals surface area contributed by atoms with E-state index >= 15 is 0 Å². The van der Waals surface area contributed by atoms with Crippen LogP contribution in [0.25, 0.3) is 0 Å². The molecule has 1 N–H and O–H groups in total. The molecule has 1 saturated heterocycles. The van der Waals surface area contributed by atoms with Crippen molar-refractivity contribution >= 4 is 17.5 Å². The second-order valence-corrected chi connectivity index (χ2v) is 6.32. The van der Waals surface area contributed by atoms with E-state index in [0.29, 0.717) is 11.9 Å². The first kappa shape index (κ1) is 16.4. The SMILES string of the molecule is Cc1cc(C(=O)Nc2ccccc2F)nc(N2CCCC(C)C2)n1. The van der Waals surface area contributed by atoms with Crippen molar-refractivity contribution in [2.75, 3.05) is 23.3 Å². The number of carbonyl (C=O) groups is 1. The number of nitrogens with one attached hydrogen (secondary N) is 1. The van der Waals surface area contributed by atoms with Gasteiger partial charge in [0, 0.05) is 18.8 Å². The van der Waals surface area contributed by atoms with Gasteiger partial charge in [-0.25, -0.2) is 14.4 Å². The van der Waals surface area contributed by atoms with Gasteiger partial charge in [0.2, 0.25) is 5.95 Å². The summed E-state index contributed by atoms with van der Waals surface area (Å²) in [6, 6.07) is 7.70. The Balaban J connectivity index is 1.83. The van der Waals surface area contributed by atoms with Gasteiger partial charge in [-0.15, -0.1) is 0 Å². The average molecular weight is 328 g/mol. The molecule has 5 nitrogen and oxygen atoms in total. The lowest BCUT2D eigenvalue weighted by atomic mass is 10.0. The summed E-state index contributed by atoms with van der Waals surface area (Å²) >= 11 is 0. The highest BCUT2D eigenvalue weighted by Crippen LogP contribution is 2.21. The zero-order chi connectivity index (χ0) is 17.1. The highest BCUT2D eigenvalue weighted by molar-refractivity contribution is 6.03. The van der Waals surface area contributed by atoms with Crippen molar-refractivity contribution in [3.63, 3.8) is 0 Å². The van der Waals surface area contributed by atoms with Gasteiger partial charge in [0.15, 0.2) is 0 Å². The number of piperidine rings is 1. The number of amides is 1. The van der Waals surface area contributed by atoms with Gasteiger partial charge < -0.3 is 10.2 Å². The third kappa shape index (κ3) is 3.69. The number of para-hydroxylation sites is 1. The predicted octanol–water partition coefficient (Wildman–Crippen LogP) is 3.41. The van der Waals surface area contributed by atoms with E-state index in [0.717, 1.165) is 25.2 Å². The Morgan fingerprint density at radius 1 is 1.33 bits per heavy atom. The maximum absolute atomic E-state index is 13.7. The molecule has 3 rings (SSSR count). The molecule has 1 aromatic carbocycles. The topological polar surface area (TPSA) is 58.1 Å². The molecule has 1 aliphatic heterocycles. The Morgan fingerprint density at radius 3 is 2.88 bits per heavy atom. The van der Waals surface area contributed by atoms with Crippen LogP contribution in [0.1, 0.15) is 35.9 Å². The third-order valence-electron chi connectivity index (χ3n) is 4.14. The zero-order valence-electron chi connectivity index (χ0n) is 13.9. The van der Waals surface area contributed by atoms with Gasteiger partial charge in [-0.05, 0) is 43.9 Å². The Hall–Kier alpha value is -2.50. The number of aryl methyl sites for hydroxylation is 1. The molecule has 1 aliphatic rings. The lowest BCUT2D eigenvalue weighted by Crippen LogP contribution is -2.36. The van der Waals surface area contributed by atoms with Crippen LogP contribution in [0.2, 0.25) is 0 Å². The lowest BCUT2D eigenvalue weighted by Gasteiger charge is -2.31. The molecule has 1 atom stereocenters. The fourth-order valence-corrected chi connectivity index (χ4v) is 2.93. The number of nitrogens with zero attached hydrogens (tertiary/aromatic N) is 3. The first-order chi connectivity index (χ1) is 11.5. The van der Waals surface area contributed by atoms with Crippen LogP contribution < -0.4 is 10.2 Å². The first-order valence-electron chi connectivity index (χ1n) is 8.19. The summed E-state index contributed by atoms with van der Waals surface area (Å²) < 4.78 is 13.7. The number of carbonyl (C=O) groups excluding carboxylic acids is 1. The number of hydrogen-bond acceptors (Lipinski definition) is 4. The maximum Gasteiger partial charge on any atom is 0.274 e. The molecule has 24 heavy (non-hydrogen) atoms. The lowest BCUT2D eigenvalue weighted by molar-refractivity contribution is 0.102. The number of anilines is 2. The molecule has 2 aromatic rings. The van der Waals surface area contributed by atoms with Gasteiger partial charge in [0.25, 0.3) is 5.91 Å². The summed E-state index contributed by atoms with van der Waals surface area (Å²) in [7, 11) is 0. The minimum absolute atomic E-state index is 0.145. The van der Waals surface area contributed by atoms with Crippen LogP contribution in [0, 0.1) is 18.7 Å². The van der Waals surface area contributed by atoms with E-state index in [9.17, 15) is 9.18 Å². The van der Waals surface area contributed by atoms with Crippen LogP contribution in [0.15, 0.2) is 30.3 Å². The molecule has 126 valence electrons. The summed E-state index contributed by atoms with van der Waals surface area (Å²) in [4.78, 5) is 23.4. The highest BCUT2D eigenvalue weighted by atomic mass is 19.1. The molecule has 0 radical (unpaired) electrons. The maximum atomic E-state index is 13.7. The van der Waals surface area contributed by atoms with Crippen LogP contribution in [-0.2, 0) is 0 Å². The van der Waals surface area contributed by atoms with Crippen LogP contribution in [0.5, 0.6) is 0 Å². The largest absolute Gasteiger partial charge is 0.341 e. The second-order valence-electron chi connectivity index (χ2n) is 6.32. The van der Waals surface area contributed by atoms with Crippen molar-refractivity contribution in [1.29, 1.82) is 0 Å². The molecule has 0 bridgehead atoms. The predicted molar refractivity (Wildman–Crippen MR) is 91.7 cm³/mol. The molecule has 6 heteroatoms. The number of halogens is 1. The van der Waals surface area contributed by atoms with Gasteiger partial charge in [0.05, 0.1) is 5.69 Å². The van der Waals surface area contributed by atoms with Crippen molar-refractivity contribution in [3.05, 3.63) is 47.5 Å². The van der Waals surface area contributed by atoms with E-state index < -0.39 is 11.7 Å². The molecular formula is C18H21FN4O. The summed E-state index contributed by atoms with van der Waals surface area (Å²) in [6.07, 6.45) is 2.29. The van der Waals surface area contributed by atoms with Crippen LogP contribution in [-0.4, -0.2) is 29.0 Å². The van der Waals surface area contributed by atoms with E-state index in [-0.39, 0.29) is 11.4 Å². The highest BCUT2D eigenvalue weighted by Gasteiger charge is 2.21. The van der Waals surface area contributed by atoms with Gasteiger partial charge in [-0.1, -0.05) is 19.1 Å². The fourth-order valence-electron chi connectivity index (χ4n) is 2.93. The second kappa shape index (κ2) is 6.95. The quantitative estimate of drug-likeness (QED) is 0.938. The number of benzene rings is 1. The molecule has 1 fully saturated rings. The number of rotatable bonds is 3. The molecule has 0 aliphatic carbocycles.